The summed E-state index contributed by atoms with van der Waals surface area (Å²) in [5.74, 6) is 1.08. The number of unbranched alkanes of at least 4 members (excludes halogenated alkanes) is 2. The van der Waals surface area contributed by atoms with E-state index in [2.05, 4.69) is 38.1 Å². The topological polar surface area (TPSA) is 35.5 Å². The molecular formula is C33H34O3. The van der Waals surface area contributed by atoms with Gasteiger partial charge in [-0.3, -0.25) is 0 Å². The van der Waals surface area contributed by atoms with Crippen LogP contribution in [-0.2, 0) is 12.8 Å². The molecule has 4 aromatic carbocycles. The SMILES string of the molecule is CCCCc1cccc(OC(=O)Oc2cccc(-c3ccccc3)c2-c2ccccc2)c1CCCC. The van der Waals surface area contributed by atoms with E-state index in [1.54, 1.807) is 0 Å². The third-order valence-corrected chi connectivity index (χ3v) is 6.37. The minimum absolute atomic E-state index is 0.477. The fraction of sp³-hybridized carbons (Fsp3) is 0.242. The van der Waals surface area contributed by atoms with Gasteiger partial charge in [-0.05, 0) is 65.6 Å². The van der Waals surface area contributed by atoms with Crippen molar-refractivity contribution in [1.29, 1.82) is 0 Å². The van der Waals surface area contributed by atoms with Gasteiger partial charge in [0.2, 0.25) is 0 Å². The Bertz CT molecular complexity index is 1260. The lowest BCUT2D eigenvalue weighted by atomic mass is 9.94. The Morgan fingerprint density at radius 1 is 0.611 bits per heavy atom. The van der Waals surface area contributed by atoms with E-state index in [1.807, 2.05) is 72.8 Å². The Balaban J connectivity index is 1.66. The van der Waals surface area contributed by atoms with Gasteiger partial charge in [0.15, 0.2) is 0 Å². The third kappa shape index (κ3) is 6.23. The van der Waals surface area contributed by atoms with Gasteiger partial charge in [-0.25, -0.2) is 4.79 Å². The van der Waals surface area contributed by atoms with E-state index in [4.69, 9.17) is 9.47 Å². The molecule has 0 saturated heterocycles. The highest BCUT2D eigenvalue weighted by atomic mass is 16.7. The zero-order chi connectivity index (χ0) is 25.2. The highest BCUT2D eigenvalue weighted by Gasteiger charge is 2.19. The number of carbonyl (C=O) groups excluding carboxylic acids is 1. The van der Waals surface area contributed by atoms with E-state index >= 15 is 0 Å². The van der Waals surface area contributed by atoms with Crippen molar-refractivity contribution in [3.63, 3.8) is 0 Å². The summed E-state index contributed by atoms with van der Waals surface area (Å²) in [6, 6.07) is 31.9. The Hall–Kier alpha value is -3.85. The molecule has 184 valence electrons. The first-order valence-electron chi connectivity index (χ1n) is 13.0. The molecule has 4 rings (SSSR count). The van der Waals surface area contributed by atoms with Gasteiger partial charge in [-0.15, -0.1) is 0 Å². The smallest absolute Gasteiger partial charge is 0.394 e. The summed E-state index contributed by atoms with van der Waals surface area (Å²) < 4.78 is 11.7. The predicted octanol–water partition coefficient (Wildman–Crippen LogP) is 9.28. The monoisotopic (exact) mass is 478 g/mol. The molecule has 0 aliphatic heterocycles. The molecule has 3 heteroatoms. The number of ether oxygens (including phenoxy) is 2. The zero-order valence-electron chi connectivity index (χ0n) is 21.2. The lowest BCUT2D eigenvalue weighted by molar-refractivity contribution is 0.151. The first-order valence-corrected chi connectivity index (χ1v) is 13.0. The second-order valence-corrected chi connectivity index (χ2v) is 8.97. The molecular weight excluding hydrogens is 444 g/mol. The van der Waals surface area contributed by atoms with E-state index in [0.29, 0.717) is 11.5 Å². The van der Waals surface area contributed by atoms with Crippen molar-refractivity contribution in [2.75, 3.05) is 0 Å². The van der Waals surface area contributed by atoms with Crippen molar-refractivity contribution in [1.82, 2.24) is 0 Å². The maximum absolute atomic E-state index is 13.1. The number of hydrogen-bond donors (Lipinski definition) is 0. The minimum atomic E-state index is -0.720. The maximum atomic E-state index is 13.1. The molecule has 0 heterocycles. The second kappa shape index (κ2) is 12.7. The van der Waals surface area contributed by atoms with Crippen molar-refractivity contribution < 1.29 is 14.3 Å². The van der Waals surface area contributed by atoms with E-state index in [9.17, 15) is 4.79 Å². The van der Waals surface area contributed by atoms with Crippen LogP contribution in [0.4, 0.5) is 4.79 Å². The van der Waals surface area contributed by atoms with Crippen LogP contribution in [0.15, 0.2) is 97.1 Å². The Morgan fingerprint density at radius 2 is 1.19 bits per heavy atom. The number of hydrogen-bond acceptors (Lipinski definition) is 3. The number of carbonyl (C=O) groups is 1. The fourth-order valence-electron chi connectivity index (χ4n) is 4.52. The van der Waals surface area contributed by atoms with Crippen molar-refractivity contribution >= 4 is 6.16 Å². The lowest BCUT2D eigenvalue weighted by Crippen LogP contribution is -2.16. The fourth-order valence-corrected chi connectivity index (χ4v) is 4.52. The third-order valence-electron chi connectivity index (χ3n) is 6.37. The van der Waals surface area contributed by atoms with Crippen LogP contribution in [0.2, 0.25) is 0 Å². The largest absolute Gasteiger partial charge is 0.519 e. The Kier molecular flexibility index (Phi) is 8.93. The molecule has 0 radical (unpaired) electrons. The molecule has 0 aliphatic carbocycles. The van der Waals surface area contributed by atoms with Crippen molar-refractivity contribution in [2.24, 2.45) is 0 Å². The highest BCUT2D eigenvalue weighted by Crippen LogP contribution is 2.39. The normalized spacial score (nSPS) is 10.7. The van der Waals surface area contributed by atoms with Gasteiger partial charge in [0.05, 0.1) is 0 Å². The predicted molar refractivity (Wildman–Crippen MR) is 148 cm³/mol. The van der Waals surface area contributed by atoms with E-state index in [0.717, 1.165) is 66.3 Å². The molecule has 0 spiro atoms. The number of benzene rings is 4. The summed E-state index contributed by atoms with van der Waals surface area (Å²) in [4.78, 5) is 13.1. The van der Waals surface area contributed by atoms with Crippen LogP contribution < -0.4 is 9.47 Å². The first-order chi connectivity index (χ1) is 17.7. The van der Waals surface area contributed by atoms with Crippen LogP contribution in [0.1, 0.15) is 50.7 Å². The van der Waals surface area contributed by atoms with Gasteiger partial charge >= 0.3 is 6.16 Å². The number of aryl methyl sites for hydroxylation is 1. The van der Waals surface area contributed by atoms with E-state index < -0.39 is 6.16 Å². The number of rotatable bonds is 10. The molecule has 0 atom stereocenters. The van der Waals surface area contributed by atoms with Gasteiger partial charge in [0.25, 0.3) is 0 Å². The summed E-state index contributed by atoms with van der Waals surface area (Å²) in [6.45, 7) is 4.37. The van der Waals surface area contributed by atoms with Crippen LogP contribution in [-0.4, -0.2) is 6.16 Å². The van der Waals surface area contributed by atoms with Crippen LogP contribution in [0, 0.1) is 0 Å². The molecule has 0 unspecified atom stereocenters. The molecule has 0 saturated carbocycles. The van der Waals surface area contributed by atoms with Crippen LogP contribution >= 0.6 is 0 Å². The molecule has 0 fully saturated rings. The van der Waals surface area contributed by atoms with Gasteiger partial charge in [-0.2, -0.15) is 0 Å². The highest BCUT2D eigenvalue weighted by molar-refractivity contribution is 5.89. The lowest BCUT2D eigenvalue weighted by Gasteiger charge is -2.17. The Morgan fingerprint density at radius 3 is 1.89 bits per heavy atom. The summed E-state index contributed by atoms with van der Waals surface area (Å²) in [6.07, 6.45) is 5.52. The van der Waals surface area contributed by atoms with Gasteiger partial charge in [-0.1, -0.05) is 112 Å². The average Bonchev–Trinajstić information content (AvgIpc) is 2.92. The Labute approximate surface area is 214 Å². The quantitative estimate of drug-likeness (QED) is 0.168. The minimum Gasteiger partial charge on any atom is -0.394 e. The molecule has 36 heavy (non-hydrogen) atoms. The standard InChI is InChI=1S/C33H34O3/c1-3-5-15-25-20-13-23-30(28(25)21-6-4-2)35-33(34)36-31-24-14-22-29(26-16-9-7-10-17-26)32(31)27-18-11-8-12-19-27/h7-14,16-20,22-24H,3-6,15,21H2,1-2H3. The van der Waals surface area contributed by atoms with E-state index in [-0.39, 0.29) is 0 Å². The molecule has 0 amide bonds. The van der Waals surface area contributed by atoms with Crippen LogP contribution in [0.25, 0.3) is 22.3 Å². The molecule has 3 nitrogen and oxygen atoms in total. The van der Waals surface area contributed by atoms with E-state index in [1.165, 1.54) is 5.56 Å². The van der Waals surface area contributed by atoms with Crippen molar-refractivity contribution in [3.8, 4) is 33.8 Å². The van der Waals surface area contributed by atoms with Crippen LogP contribution in [0.3, 0.4) is 0 Å². The average molecular weight is 479 g/mol. The molecule has 0 bridgehead atoms. The van der Waals surface area contributed by atoms with Gasteiger partial charge in [0.1, 0.15) is 11.5 Å². The van der Waals surface area contributed by atoms with Gasteiger partial charge < -0.3 is 9.47 Å². The molecule has 0 N–H and O–H groups in total. The van der Waals surface area contributed by atoms with Crippen molar-refractivity contribution in [2.45, 2.75) is 52.4 Å². The molecule has 0 aromatic heterocycles. The van der Waals surface area contributed by atoms with Gasteiger partial charge in [0, 0.05) is 5.56 Å². The molecule has 4 aromatic rings. The van der Waals surface area contributed by atoms with Crippen LogP contribution in [0.5, 0.6) is 11.5 Å². The summed E-state index contributed by atoms with van der Waals surface area (Å²) in [5, 5.41) is 0. The molecule has 0 aliphatic rings. The summed E-state index contributed by atoms with van der Waals surface area (Å²) in [7, 11) is 0. The first kappa shape index (κ1) is 25.2. The van der Waals surface area contributed by atoms with Crippen molar-refractivity contribution in [3.05, 3.63) is 108 Å². The summed E-state index contributed by atoms with van der Waals surface area (Å²) >= 11 is 0. The zero-order valence-corrected chi connectivity index (χ0v) is 21.2. The maximum Gasteiger partial charge on any atom is 0.519 e. The summed E-state index contributed by atoms with van der Waals surface area (Å²) in [5.41, 5.74) is 6.27. The second-order valence-electron chi connectivity index (χ2n) is 8.97.